The van der Waals surface area contributed by atoms with Gasteiger partial charge in [-0.1, -0.05) is 113 Å². The second-order valence-electron chi connectivity index (χ2n) is 13.1. The van der Waals surface area contributed by atoms with Crippen LogP contribution in [0, 0.1) is 23.2 Å². The van der Waals surface area contributed by atoms with Crippen molar-refractivity contribution < 1.29 is 0 Å². The summed E-state index contributed by atoms with van der Waals surface area (Å²) in [5.41, 5.74) is 3.60. The van der Waals surface area contributed by atoms with E-state index in [0.717, 1.165) is 34.7 Å². The van der Waals surface area contributed by atoms with E-state index >= 15 is 0 Å². The van der Waals surface area contributed by atoms with Gasteiger partial charge in [0.2, 0.25) is 0 Å². The third-order valence-electron chi connectivity index (χ3n) is 11.0. The van der Waals surface area contributed by atoms with Crippen molar-refractivity contribution in [3.8, 4) is 0 Å². The lowest BCUT2D eigenvalue weighted by molar-refractivity contribution is -0.0946. The molecule has 2 aromatic carbocycles. The average Bonchev–Trinajstić information content (AvgIpc) is 2.94. The Morgan fingerprint density at radius 1 is 0.667 bits per heavy atom. The fraction of sp³-hybridized carbons (Fsp3) is 0.647. The Balaban J connectivity index is 1.36. The molecule has 5 fully saturated rings. The summed E-state index contributed by atoms with van der Waals surface area (Å²) in [6, 6.07) is 23.5. The van der Waals surface area contributed by atoms with E-state index < -0.39 is 0 Å². The van der Waals surface area contributed by atoms with Crippen molar-refractivity contribution in [3.63, 3.8) is 0 Å². The summed E-state index contributed by atoms with van der Waals surface area (Å²) >= 11 is 0. The van der Waals surface area contributed by atoms with E-state index in [9.17, 15) is 0 Å². The highest BCUT2D eigenvalue weighted by Gasteiger charge is 2.59. The van der Waals surface area contributed by atoms with Crippen molar-refractivity contribution in [2.45, 2.75) is 108 Å². The normalized spacial score (nSPS) is 30.9. The quantitative estimate of drug-likeness (QED) is 0.320. The van der Waals surface area contributed by atoms with Gasteiger partial charge in [-0.15, -0.1) is 7.92 Å². The number of benzene rings is 2. The van der Waals surface area contributed by atoms with Crippen LogP contribution < -0.4 is 10.6 Å². The molecule has 0 spiro atoms. The zero-order chi connectivity index (χ0) is 24.5. The summed E-state index contributed by atoms with van der Waals surface area (Å²) in [7, 11) is -0.143. The molecule has 0 nitrogen and oxygen atoms in total. The fourth-order valence-electron chi connectivity index (χ4n) is 8.84. The predicted octanol–water partition coefficient (Wildman–Crippen LogP) is 9.32. The first-order valence-electron chi connectivity index (χ1n) is 15.3. The van der Waals surface area contributed by atoms with Crippen molar-refractivity contribution in [2.75, 3.05) is 6.16 Å². The number of hydrogen-bond donors (Lipinski definition) is 0. The molecule has 7 rings (SSSR count). The maximum atomic E-state index is 2.64. The standard InChI is InChI=1S/C34H48P2/c1-34(2)26-23-32(34)31(25-35(27-15-7-3-8-16-27)28-17-9-4-10-18-28)33(24-26)36(29-19-11-5-12-20-29)30-21-13-6-14-22-30/h5-6,11-14,19-22,26-28,31-33H,3-4,7-10,15-18,23-25H2,1-2H3/t26-,31+,32+,33-/m1/s1. The Kier molecular flexibility index (Phi) is 7.95. The lowest BCUT2D eigenvalue weighted by atomic mass is 9.46. The van der Waals surface area contributed by atoms with Crippen molar-refractivity contribution in [3.05, 3.63) is 60.7 Å². The summed E-state index contributed by atoms with van der Waals surface area (Å²) in [6.07, 6.45) is 19.9. The van der Waals surface area contributed by atoms with Crippen LogP contribution in [0.5, 0.6) is 0 Å². The third-order valence-corrected chi connectivity index (χ3v) is 17.7. The number of fused-ring (bicyclic) bond motifs is 2. The van der Waals surface area contributed by atoms with Crippen LogP contribution >= 0.6 is 15.8 Å². The average molecular weight is 519 g/mol. The fourth-order valence-corrected chi connectivity index (χ4v) is 16.5. The Morgan fingerprint density at radius 2 is 1.17 bits per heavy atom. The number of hydrogen-bond acceptors (Lipinski definition) is 0. The van der Waals surface area contributed by atoms with E-state index in [0.29, 0.717) is 5.41 Å². The van der Waals surface area contributed by atoms with Crippen LogP contribution in [0.4, 0.5) is 0 Å². The minimum absolute atomic E-state index is 0.158. The molecule has 5 aliphatic carbocycles. The van der Waals surface area contributed by atoms with Gasteiger partial charge in [0.1, 0.15) is 0 Å². The third kappa shape index (κ3) is 5.01. The van der Waals surface area contributed by atoms with Crippen LogP contribution in [0.15, 0.2) is 60.7 Å². The van der Waals surface area contributed by atoms with E-state index in [1.54, 1.807) is 42.5 Å². The molecule has 4 atom stereocenters. The second-order valence-corrected chi connectivity index (χ2v) is 18.4. The van der Waals surface area contributed by atoms with Crippen molar-refractivity contribution >= 4 is 26.5 Å². The highest BCUT2D eigenvalue weighted by Crippen LogP contribution is 2.69. The van der Waals surface area contributed by atoms with Crippen LogP contribution in [0.25, 0.3) is 0 Å². The van der Waals surface area contributed by atoms with Crippen molar-refractivity contribution in [1.82, 2.24) is 0 Å². The lowest BCUT2D eigenvalue weighted by Crippen LogP contribution is -2.58. The molecular formula is C34H48P2. The van der Waals surface area contributed by atoms with E-state index in [-0.39, 0.29) is 15.8 Å². The van der Waals surface area contributed by atoms with Crippen LogP contribution in [0.1, 0.15) is 90.9 Å². The molecule has 194 valence electrons. The zero-order valence-electron chi connectivity index (χ0n) is 22.8. The molecule has 2 bridgehead atoms. The van der Waals surface area contributed by atoms with Gasteiger partial charge in [-0.25, -0.2) is 0 Å². The van der Waals surface area contributed by atoms with Gasteiger partial charge in [-0.3, -0.25) is 0 Å². The first kappa shape index (κ1) is 25.6. The maximum absolute atomic E-state index is 2.64. The van der Waals surface area contributed by atoms with Crippen LogP contribution in [0.2, 0.25) is 0 Å². The van der Waals surface area contributed by atoms with Gasteiger partial charge in [-0.05, 0) is 103 Å². The first-order valence-corrected chi connectivity index (χ1v) is 18.4. The van der Waals surface area contributed by atoms with E-state index in [4.69, 9.17) is 0 Å². The molecule has 0 unspecified atom stereocenters. The van der Waals surface area contributed by atoms with Crippen molar-refractivity contribution in [2.24, 2.45) is 23.2 Å². The van der Waals surface area contributed by atoms with E-state index in [1.807, 2.05) is 0 Å². The summed E-state index contributed by atoms with van der Waals surface area (Å²) in [4.78, 5) is 0. The van der Waals surface area contributed by atoms with Gasteiger partial charge in [-0.2, -0.15) is 0 Å². The highest BCUT2D eigenvalue weighted by molar-refractivity contribution is 7.73. The van der Waals surface area contributed by atoms with Crippen LogP contribution in [-0.4, -0.2) is 23.1 Å². The minimum Gasteiger partial charge on any atom is -0.100 e. The summed E-state index contributed by atoms with van der Waals surface area (Å²) in [6.45, 7) is 5.29. The molecular weight excluding hydrogens is 470 g/mol. The molecule has 5 aliphatic rings. The van der Waals surface area contributed by atoms with Gasteiger partial charge >= 0.3 is 0 Å². The molecule has 0 aliphatic heterocycles. The van der Waals surface area contributed by atoms with Crippen LogP contribution in [-0.2, 0) is 0 Å². The Labute approximate surface area is 223 Å². The predicted molar refractivity (Wildman–Crippen MR) is 162 cm³/mol. The van der Waals surface area contributed by atoms with Gasteiger partial charge in [0.15, 0.2) is 0 Å². The topological polar surface area (TPSA) is 0 Å². The minimum atomic E-state index is -0.301. The van der Waals surface area contributed by atoms with E-state index in [1.165, 1.54) is 51.4 Å². The number of rotatable bonds is 7. The second kappa shape index (κ2) is 11.2. The van der Waals surface area contributed by atoms with Crippen LogP contribution in [0.3, 0.4) is 0 Å². The smallest absolute Gasteiger partial charge is 0.00914 e. The molecule has 2 aromatic rings. The molecule has 2 heteroatoms. The molecule has 0 heterocycles. The molecule has 0 aromatic heterocycles. The summed E-state index contributed by atoms with van der Waals surface area (Å²) in [5.74, 6) is 2.83. The zero-order valence-corrected chi connectivity index (χ0v) is 24.6. The Hall–Kier alpha value is -0.700. The molecule has 0 radical (unpaired) electrons. The molecule has 0 amide bonds. The van der Waals surface area contributed by atoms with Gasteiger partial charge in [0.25, 0.3) is 0 Å². The monoisotopic (exact) mass is 518 g/mol. The SMILES string of the molecule is CC1(C)[C@H]2C[C@@H](P(c3ccccc3)c3ccccc3)[C@@H](CP(C3CCCCC3)C3CCCCC3)[C@@H]1C2. The van der Waals surface area contributed by atoms with Gasteiger partial charge in [0.05, 0.1) is 0 Å². The first-order chi connectivity index (χ1) is 17.6. The summed E-state index contributed by atoms with van der Waals surface area (Å²) < 4.78 is 0. The van der Waals surface area contributed by atoms with E-state index in [2.05, 4.69) is 74.5 Å². The molecule has 36 heavy (non-hydrogen) atoms. The molecule has 0 N–H and O–H groups in total. The largest absolute Gasteiger partial charge is 0.100 e. The summed E-state index contributed by atoms with van der Waals surface area (Å²) in [5, 5.41) is 3.26. The Morgan fingerprint density at radius 3 is 1.64 bits per heavy atom. The Bertz CT molecular complexity index is 900. The molecule has 5 saturated carbocycles. The van der Waals surface area contributed by atoms with Crippen molar-refractivity contribution in [1.29, 1.82) is 0 Å². The lowest BCUT2D eigenvalue weighted by Gasteiger charge is -2.64. The van der Waals surface area contributed by atoms with Gasteiger partial charge in [0, 0.05) is 0 Å². The van der Waals surface area contributed by atoms with Gasteiger partial charge < -0.3 is 0 Å². The highest BCUT2D eigenvalue weighted by atomic mass is 31.1. The maximum Gasteiger partial charge on any atom is -0.00914 e. The molecule has 0 saturated heterocycles.